The average molecular weight is 456 g/mol. The van der Waals surface area contributed by atoms with Crippen LogP contribution in [0, 0.1) is 0 Å². The summed E-state index contributed by atoms with van der Waals surface area (Å²) in [4.78, 5) is 17.9. The number of H-pyrrole nitrogens is 1. The molecule has 1 N–H and O–H groups in total. The largest absolute Gasteiger partial charge is 0.361 e. The number of carbonyl (C=O) groups is 1. The van der Waals surface area contributed by atoms with E-state index in [0.29, 0.717) is 37.0 Å². The van der Waals surface area contributed by atoms with Crippen LogP contribution < -0.4 is 0 Å². The molecule has 0 bridgehead atoms. The van der Waals surface area contributed by atoms with Crippen LogP contribution in [-0.2, 0) is 21.2 Å². The summed E-state index contributed by atoms with van der Waals surface area (Å²) in [6.45, 7) is 1.32. The van der Waals surface area contributed by atoms with Gasteiger partial charge in [-0.25, -0.2) is 8.42 Å². The van der Waals surface area contributed by atoms with Crippen LogP contribution in [0.15, 0.2) is 53.6 Å². The van der Waals surface area contributed by atoms with Crippen LogP contribution in [0.2, 0.25) is 0 Å². The summed E-state index contributed by atoms with van der Waals surface area (Å²) in [5, 5.41) is 1.14. The van der Waals surface area contributed by atoms with Gasteiger partial charge in [-0.2, -0.15) is 13.1 Å². The van der Waals surface area contributed by atoms with Crippen molar-refractivity contribution >= 4 is 49.6 Å². The third kappa shape index (κ3) is 3.71. The molecule has 0 atom stereocenters. The molecule has 1 amide bonds. The smallest absolute Gasteiger partial charge is 0.245 e. The zero-order chi connectivity index (χ0) is 21.4. The Balaban J connectivity index is 1.23. The molecular weight excluding hydrogens is 434 g/mol. The summed E-state index contributed by atoms with van der Waals surface area (Å²) in [6.07, 6.45) is 3.01. The molecule has 5 rings (SSSR count). The lowest BCUT2D eigenvalue weighted by atomic mass is 10.1. The number of fused-ring (bicyclic) bond motifs is 2. The van der Waals surface area contributed by atoms with E-state index in [4.69, 9.17) is 0 Å². The number of para-hydroxylation sites is 1. The van der Waals surface area contributed by atoms with Crippen molar-refractivity contribution in [2.45, 2.75) is 17.7 Å². The predicted octanol–water partition coefficient (Wildman–Crippen LogP) is 2.64. The summed E-state index contributed by atoms with van der Waals surface area (Å²) in [5.74, 6) is 0.0492. The monoisotopic (exact) mass is 455 g/mol. The molecule has 2 aromatic carbocycles. The number of piperazine rings is 1. The Kier molecular flexibility index (Phi) is 5.20. The van der Waals surface area contributed by atoms with Crippen molar-refractivity contribution in [2.75, 3.05) is 26.2 Å². The number of rotatable bonds is 5. The molecule has 0 saturated carbocycles. The van der Waals surface area contributed by atoms with Crippen LogP contribution in [-0.4, -0.2) is 63.4 Å². The average Bonchev–Trinajstić information content (AvgIpc) is 3.44. The molecule has 0 spiro atoms. The highest BCUT2D eigenvalue weighted by Crippen LogP contribution is 2.25. The maximum absolute atomic E-state index is 13.1. The molecule has 31 heavy (non-hydrogen) atoms. The van der Waals surface area contributed by atoms with Gasteiger partial charge in [0.05, 0.1) is 11.7 Å². The van der Waals surface area contributed by atoms with E-state index in [9.17, 15) is 13.2 Å². The summed E-state index contributed by atoms with van der Waals surface area (Å²) in [5.41, 5.74) is 3.17. The maximum atomic E-state index is 13.1. The SMILES string of the molecule is O=C(CCc1c[nH]c2ccccc12)N1CCN(S(=O)(=O)c2cccc3nsnc23)CC1. The molecule has 3 heterocycles. The molecule has 1 aliphatic heterocycles. The van der Waals surface area contributed by atoms with Crippen molar-refractivity contribution in [3.63, 3.8) is 0 Å². The molecule has 0 radical (unpaired) electrons. The maximum Gasteiger partial charge on any atom is 0.245 e. The van der Waals surface area contributed by atoms with Crippen molar-refractivity contribution in [3.8, 4) is 0 Å². The van der Waals surface area contributed by atoms with Gasteiger partial charge in [-0.05, 0) is 30.2 Å². The zero-order valence-corrected chi connectivity index (χ0v) is 18.3. The van der Waals surface area contributed by atoms with E-state index in [2.05, 4.69) is 13.7 Å². The Hall–Kier alpha value is -2.82. The Bertz CT molecular complexity index is 1350. The van der Waals surface area contributed by atoms with E-state index >= 15 is 0 Å². The predicted molar refractivity (Wildman–Crippen MR) is 119 cm³/mol. The molecule has 4 aromatic rings. The van der Waals surface area contributed by atoms with Gasteiger partial charge in [0.25, 0.3) is 0 Å². The number of aryl methyl sites for hydroxylation is 1. The summed E-state index contributed by atoms with van der Waals surface area (Å²) in [7, 11) is -3.68. The van der Waals surface area contributed by atoms with Crippen LogP contribution in [0.25, 0.3) is 21.9 Å². The van der Waals surface area contributed by atoms with Gasteiger partial charge >= 0.3 is 0 Å². The Morgan fingerprint density at radius 3 is 2.68 bits per heavy atom. The number of amides is 1. The number of nitrogens with zero attached hydrogens (tertiary/aromatic N) is 4. The zero-order valence-electron chi connectivity index (χ0n) is 16.7. The Morgan fingerprint density at radius 2 is 1.84 bits per heavy atom. The number of hydrogen-bond acceptors (Lipinski definition) is 6. The van der Waals surface area contributed by atoms with E-state index < -0.39 is 10.0 Å². The first-order chi connectivity index (χ1) is 15.0. The highest BCUT2D eigenvalue weighted by atomic mass is 32.2. The fourth-order valence-corrected chi connectivity index (χ4v) is 6.22. The second kappa shape index (κ2) is 8.03. The first kappa shape index (κ1) is 20.1. The number of aromatic amines is 1. The number of hydrogen-bond donors (Lipinski definition) is 1. The van der Waals surface area contributed by atoms with Gasteiger partial charge in [-0.15, -0.1) is 0 Å². The van der Waals surface area contributed by atoms with Crippen LogP contribution >= 0.6 is 11.7 Å². The van der Waals surface area contributed by atoms with E-state index in [1.54, 1.807) is 23.1 Å². The second-order valence-corrected chi connectivity index (χ2v) is 9.97. The number of aromatic nitrogens is 3. The fraction of sp³-hybridized carbons (Fsp3) is 0.286. The third-order valence-corrected chi connectivity index (χ3v) is 8.21. The number of sulfonamides is 1. The minimum atomic E-state index is -3.68. The van der Waals surface area contributed by atoms with Gasteiger partial charge in [-0.3, -0.25) is 4.79 Å². The highest BCUT2D eigenvalue weighted by Gasteiger charge is 2.31. The minimum Gasteiger partial charge on any atom is -0.361 e. The normalized spacial score (nSPS) is 15.7. The standard InChI is InChI=1S/C21H21N5O3S2/c27-20(9-8-15-14-22-17-5-2-1-4-16(15)17)25-10-12-26(13-11-25)31(28,29)19-7-3-6-18-21(19)24-30-23-18/h1-7,14,22H,8-13H2. The quantitative estimate of drug-likeness (QED) is 0.499. The molecule has 10 heteroatoms. The van der Waals surface area contributed by atoms with Crippen molar-refractivity contribution in [1.82, 2.24) is 22.9 Å². The first-order valence-corrected chi connectivity index (χ1v) is 12.3. The second-order valence-electron chi connectivity index (χ2n) is 7.53. The van der Waals surface area contributed by atoms with Crippen molar-refractivity contribution < 1.29 is 13.2 Å². The Morgan fingerprint density at radius 1 is 1.03 bits per heavy atom. The van der Waals surface area contributed by atoms with Gasteiger partial charge in [0.15, 0.2) is 0 Å². The first-order valence-electron chi connectivity index (χ1n) is 10.1. The lowest BCUT2D eigenvalue weighted by Gasteiger charge is -2.34. The topological polar surface area (TPSA) is 99.3 Å². The van der Waals surface area contributed by atoms with Crippen molar-refractivity contribution in [2.24, 2.45) is 0 Å². The minimum absolute atomic E-state index is 0.0492. The van der Waals surface area contributed by atoms with Gasteiger partial charge in [0.2, 0.25) is 15.9 Å². The number of benzene rings is 2. The summed E-state index contributed by atoms with van der Waals surface area (Å²) in [6, 6.07) is 13.0. The molecule has 0 unspecified atom stereocenters. The van der Waals surface area contributed by atoms with E-state index in [1.807, 2.05) is 30.5 Å². The fourth-order valence-electron chi connectivity index (χ4n) is 4.04. The van der Waals surface area contributed by atoms with Crippen LogP contribution in [0.3, 0.4) is 0 Å². The lowest BCUT2D eigenvalue weighted by molar-refractivity contribution is -0.132. The molecule has 1 saturated heterocycles. The third-order valence-electron chi connectivity index (χ3n) is 5.74. The molecule has 1 aliphatic rings. The Labute approximate surface area is 183 Å². The molecule has 2 aromatic heterocycles. The molecule has 8 nitrogen and oxygen atoms in total. The van der Waals surface area contributed by atoms with Crippen molar-refractivity contribution in [1.29, 1.82) is 0 Å². The van der Waals surface area contributed by atoms with Gasteiger partial charge in [-0.1, -0.05) is 24.3 Å². The van der Waals surface area contributed by atoms with E-state index in [1.165, 1.54) is 4.31 Å². The lowest BCUT2D eigenvalue weighted by Crippen LogP contribution is -2.50. The van der Waals surface area contributed by atoms with Gasteiger partial charge in [0.1, 0.15) is 15.9 Å². The molecular formula is C21H21N5O3S2. The van der Waals surface area contributed by atoms with E-state index in [-0.39, 0.29) is 23.9 Å². The molecule has 1 fully saturated rings. The summed E-state index contributed by atoms with van der Waals surface area (Å²) >= 11 is 1.00. The summed E-state index contributed by atoms with van der Waals surface area (Å²) < 4.78 is 36.0. The molecule has 0 aliphatic carbocycles. The van der Waals surface area contributed by atoms with Crippen LogP contribution in [0.5, 0.6) is 0 Å². The molecule has 160 valence electrons. The highest BCUT2D eigenvalue weighted by molar-refractivity contribution is 7.89. The van der Waals surface area contributed by atoms with Crippen LogP contribution in [0.4, 0.5) is 0 Å². The number of nitrogens with one attached hydrogen (secondary N) is 1. The van der Waals surface area contributed by atoms with Gasteiger partial charge < -0.3 is 9.88 Å². The number of carbonyl (C=O) groups excluding carboxylic acids is 1. The van der Waals surface area contributed by atoms with Gasteiger partial charge in [0, 0.05) is 49.7 Å². The van der Waals surface area contributed by atoms with Crippen molar-refractivity contribution in [3.05, 3.63) is 54.2 Å². The van der Waals surface area contributed by atoms with E-state index in [0.717, 1.165) is 28.2 Å². The van der Waals surface area contributed by atoms with Crippen LogP contribution in [0.1, 0.15) is 12.0 Å².